The van der Waals surface area contributed by atoms with Crippen LogP contribution < -0.4 is 32.7 Å². The number of carbonyl (C=O) groups excluding carboxylic acids is 2. The monoisotopic (exact) mass is 863 g/mol. The molecule has 0 aliphatic carbocycles. The summed E-state index contributed by atoms with van der Waals surface area (Å²) >= 11 is 0. The maximum atomic E-state index is 13.3. The van der Waals surface area contributed by atoms with Crippen molar-refractivity contribution in [2.45, 2.75) is 245 Å². The van der Waals surface area contributed by atoms with E-state index in [0.717, 1.165) is 84.3 Å². The van der Waals surface area contributed by atoms with Gasteiger partial charge in [-0.2, -0.15) is 0 Å². The SMILES string of the molecule is CCCCCCCCCCCCCCCCCCN(CCCCCCCCCCCCCCCCCC)C(=O)CNC(=O)CNCCCNCCCCNCCCN=C(N)N. The zero-order valence-corrected chi connectivity index (χ0v) is 40.9. The highest BCUT2D eigenvalue weighted by Gasteiger charge is 2.14. The molecule has 8 N–H and O–H groups in total. The Labute approximate surface area is 379 Å². The third-order valence-corrected chi connectivity index (χ3v) is 12.1. The van der Waals surface area contributed by atoms with E-state index in [9.17, 15) is 9.59 Å². The van der Waals surface area contributed by atoms with E-state index >= 15 is 0 Å². The lowest BCUT2D eigenvalue weighted by Crippen LogP contribution is -2.43. The van der Waals surface area contributed by atoms with Crippen molar-refractivity contribution in [3.05, 3.63) is 0 Å². The number of rotatable bonds is 51. The molecule has 0 aliphatic rings. The molecule has 0 spiro atoms. The van der Waals surface area contributed by atoms with Crippen LogP contribution in [0.2, 0.25) is 0 Å². The molecule has 10 heteroatoms. The molecule has 0 atom stereocenters. The average molecular weight is 863 g/mol. The average Bonchev–Trinajstić information content (AvgIpc) is 3.25. The van der Waals surface area contributed by atoms with Crippen LogP contribution in [-0.4, -0.2) is 88.1 Å². The van der Waals surface area contributed by atoms with Crippen molar-refractivity contribution in [2.24, 2.45) is 16.5 Å². The van der Waals surface area contributed by atoms with Crippen LogP contribution >= 0.6 is 0 Å². The first-order valence-corrected chi connectivity index (χ1v) is 26.7. The molecular formula is C51H106N8O2. The number of aliphatic imine (C=N–C) groups is 1. The smallest absolute Gasteiger partial charge is 0.241 e. The molecule has 0 aromatic rings. The fourth-order valence-electron chi connectivity index (χ4n) is 8.11. The van der Waals surface area contributed by atoms with Gasteiger partial charge in [0.2, 0.25) is 11.8 Å². The van der Waals surface area contributed by atoms with Crippen molar-refractivity contribution < 1.29 is 9.59 Å². The van der Waals surface area contributed by atoms with Crippen LogP contribution in [-0.2, 0) is 9.59 Å². The highest BCUT2D eigenvalue weighted by molar-refractivity contribution is 5.85. The second-order valence-electron chi connectivity index (χ2n) is 18.2. The molecule has 0 aromatic carbocycles. The summed E-state index contributed by atoms with van der Waals surface area (Å²) in [5.74, 6) is 0.127. The number of nitrogens with one attached hydrogen (secondary N) is 4. The van der Waals surface area contributed by atoms with Gasteiger partial charge < -0.3 is 37.6 Å². The summed E-state index contributed by atoms with van der Waals surface area (Å²) < 4.78 is 0. The molecule has 0 fully saturated rings. The number of hydrogen-bond acceptors (Lipinski definition) is 6. The molecule has 0 rings (SSSR count). The molecular weight excluding hydrogens is 757 g/mol. The minimum Gasteiger partial charge on any atom is -0.370 e. The van der Waals surface area contributed by atoms with Gasteiger partial charge in [-0.15, -0.1) is 0 Å². The highest BCUT2D eigenvalue weighted by Crippen LogP contribution is 2.16. The number of guanidine groups is 1. The molecule has 0 radical (unpaired) electrons. The first kappa shape index (κ1) is 59.1. The highest BCUT2D eigenvalue weighted by atomic mass is 16.2. The minimum atomic E-state index is -0.100. The van der Waals surface area contributed by atoms with Gasteiger partial charge >= 0.3 is 0 Å². The number of nitrogens with zero attached hydrogens (tertiary/aromatic N) is 2. The Morgan fingerprint density at radius 1 is 0.393 bits per heavy atom. The Morgan fingerprint density at radius 2 is 0.721 bits per heavy atom. The summed E-state index contributed by atoms with van der Waals surface area (Å²) in [6.45, 7) is 11.8. The van der Waals surface area contributed by atoms with E-state index in [4.69, 9.17) is 11.5 Å². The molecule has 362 valence electrons. The molecule has 0 heterocycles. The fourth-order valence-corrected chi connectivity index (χ4v) is 8.11. The second kappa shape index (κ2) is 50.7. The number of nitrogens with two attached hydrogens (primary N) is 2. The summed E-state index contributed by atoms with van der Waals surface area (Å²) in [7, 11) is 0. The predicted molar refractivity (Wildman–Crippen MR) is 266 cm³/mol. The maximum Gasteiger partial charge on any atom is 0.241 e. The lowest BCUT2D eigenvalue weighted by molar-refractivity contribution is -0.132. The van der Waals surface area contributed by atoms with E-state index in [2.05, 4.69) is 40.1 Å². The van der Waals surface area contributed by atoms with Crippen LogP contribution in [0.3, 0.4) is 0 Å². The van der Waals surface area contributed by atoms with Gasteiger partial charge in [0.05, 0.1) is 13.1 Å². The van der Waals surface area contributed by atoms with Gasteiger partial charge in [0.25, 0.3) is 0 Å². The summed E-state index contributed by atoms with van der Waals surface area (Å²) in [5, 5.41) is 13.0. The van der Waals surface area contributed by atoms with E-state index in [1.807, 2.05) is 4.90 Å². The summed E-state index contributed by atoms with van der Waals surface area (Å²) in [6.07, 6.45) is 47.4. The van der Waals surface area contributed by atoms with Crippen molar-refractivity contribution in [2.75, 3.05) is 65.4 Å². The lowest BCUT2D eigenvalue weighted by Gasteiger charge is -2.23. The normalized spacial score (nSPS) is 11.3. The molecule has 0 aliphatic heterocycles. The lowest BCUT2D eigenvalue weighted by atomic mass is 10.0. The zero-order valence-electron chi connectivity index (χ0n) is 40.9. The fraction of sp³-hybridized carbons (Fsp3) is 0.941. The number of amides is 2. The van der Waals surface area contributed by atoms with Crippen LogP contribution in [0, 0.1) is 0 Å². The van der Waals surface area contributed by atoms with Crippen LogP contribution in [0.4, 0.5) is 0 Å². The second-order valence-corrected chi connectivity index (χ2v) is 18.2. The van der Waals surface area contributed by atoms with Crippen LogP contribution in [0.1, 0.15) is 245 Å². The Kier molecular flexibility index (Phi) is 49.1. The van der Waals surface area contributed by atoms with Gasteiger partial charge in [-0.05, 0) is 71.2 Å². The van der Waals surface area contributed by atoms with Gasteiger partial charge in [-0.3, -0.25) is 14.6 Å². The van der Waals surface area contributed by atoms with Crippen molar-refractivity contribution in [3.8, 4) is 0 Å². The topological polar surface area (TPSA) is 150 Å². The summed E-state index contributed by atoms with van der Waals surface area (Å²) in [4.78, 5) is 31.9. The minimum absolute atomic E-state index is 0.0700. The Bertz CT molecular complexity index is 896. The molecule has 0 aromatic heterocycles. The summed E-state index contributed by atoms with van der Waals surface area (Å²) in [6, 6.07) is 0. The molecule has 61 heavy (non-hydrogen) atoms. The van der Waals surface area contributed by atoms with Crippen molar-refractivity contribution >= 4 is 17.8 Å². The molecule has 0 saturated heterocycles. The standard InChI is InChI=1S/C51H106N8O2/c1-3-5-7-9-11-13-15-17-19-21-23-25-27-29-31-35-45-59(46-36-32-30-28-26-24-22-20-18-16-14-12-10-8-6-4-2)50(61)48-58-49(60)47-56-43-37-41-54-39-33-34-40-55-42-38-44-57-51(52)53/h54-56H,3-48H2,1-2H3,(H,58,60)(H4,52,53,57). The first-order valence-electron chi connectivity index (χ1n) is 26.7. The number of carbonyl (C=O) groups is 2. The quantitative estimate of drug-likeness (QED) is 0.0202. The Hall–Kier alpha value is -1.91. The van der Waals surface area contributed by atoms with E-state index in [0.29, 0.717) is 6.54 Å². The van der Waals surface area contributed by atoms with Gasteiger partial charge in [-0.25, -0.2) is 0 Å². The molecule has 0 saturated carbocycles. The van der Waals surface area contributed by atoms with E-state index in [-0.39, 0.29) is 30.9 Å². The number of unbranched alkanes of at least 4 members (excludes halogenated alkanes) is 31. The zero-order chi connectivity index (χ0) is 44.4. The molecule has 0 unspecified atom stereocenters. The maximum absolute atomic E-state index is 13.3. The van der Waals surface area contributed by atoms with E-state index < -0.39 is 0 Å². The van der Waals surface area contributed by atoms with Gasteiger partial charge in [-0.1, -0.05) is 206 Å². The summed E-state index contributed by atoms with van der Waals surface area (Å²) in [5.41, 5.74) is 10.7. The van der Waals surface area contributed by atoms with Crippen LogP contribution in [0.25, 0.3) is 0 Å². The van der Waals surface area contributed by atoms with Crippen molar-refractivity contribution in [1.82, 2.24) is 26.2 Å². The number of hydrogen-bond donors (Lipinski definition) is 6. The third-order valence-electron chi connectivity index (χ3n) is 12.1. The van der Waals surface area contributed by atoms with Crippen molar-refractivity contribution in [1.29, 1.82) is 0 Å². The first-order chi connectivity index (χ1) is 30.0. The van der Waals surface area contributed by atoms with Crippen LogP contribution in [0.5, 0.6) is 0 Å². The van der Waals surface area contributed by atoms with Gasteiger partial charge in [0.1, 0.15) is 0 Å². The molecule has 2 amide bonds. The predicted octanol–water partition coefficient (Wildman–Crippen LogP) is 11.1. The Balaban J connectivity index is 4.19. The van der Waals surface area contributed by atoms with Crippen molar-refractivity contribution in [3.63, 3.8) is 0 Å². The van der Waals surface area contributed by atoms with Crippen LogP contribution in [0.15, 0.2) is 4.99 Å². The van der Waals surface area contributed by atoms with Gasteiger partial charge in [0, 0.05) is 19.6 Å². The van der Waals surface area contributed by atoms with Gasteiger partial charge in [0.15, 0.2) is 5.96 Å². The third kappa shape index (κ3) is 49.0. The largest absolute Gasteiger partial charge is 0.370 e. The Morgan fingerprint density at radius 3 is 1.10 bits per heavy atom. The molecule has 10 nitrogen and oxygen atoms in total. The molecule has 0 bridgehead atoms. The van der Waals surface area contributed by atoms with E-state index in [1.165, 1.54) is 193 Å². The van der Waals surface area contributed by atoms with E-state index in [1.54, 1.807) is 0 Å².